The Morgan fingerprint density at radius 2 is 1.95 bits per heavy atom. The second-order valence-electron chi connectivity index (χ2n) is 5.26. The number of rotatable bonds is 2. The highest BCUT2D eigenvalue weighted by molar-refractivity contribution is 6.32. The zero-order valence-electron chi connectivity index (χ0n) is 10.8. The highest BCUT2D eigenvalue weighted by Crippen LogP contribution is 2.54. The number of hydrogen-bond donors (Lipinski definition) is 2. The first-order chi connectivity index (χ1) is 9.56. The minimum Gasteiger partial charge on any atom is -0.506 e. The van der Waals surface area contributed by atoms with Gasteiger partial charge >= 0.3 is 5.97 Å². The van der Waals surface area contributed by atoms with E-state index < -0.39 is 11.4 Å². The minimum absolute atomic E-state index is 0.0117. The van der Waals surface area contributed by atoms with Gasteiger partial charge in [-0.2, -0.15) is 0 Å². The SMILES string of the molecule is O=C(O)C1(c2c(O)c(Cl)cc3c2OCO3)CCCCC1. The number of phenols is 1. The largest absolute Gasteiger partial charge is 0.506 e. The first-order valence-corrected chi connectivity index (χ1v) is 6.99. The van der Waals surface area contributed by atoms with Crippen molar-refractivity contribution in [3.63, 3.8) is 0 Å². The molecule has 1 aliphatic heterocycles. The Bertz CT molecular complexity index is 563. The highest BCUT2D eigenvalue weighted by Gasteiger charge is 2.47. The first kappa shape index (κ1) is 13.4. The lowest BCUT2D eigenvalue weighted by molar-refractivity contribution is -0.145. The predicted molar refractivity (Wildman–Crippen MR) is 71.6 cm³/mol. The third kappa shape index (κ3) is 1.80. The number of carboxylic acids is 1. The number of halogens is 1. The molecule has 2 aliphatic rings. The van der Waals surface area contributed by atoms with E-state index in [1.807, 2.05) is 0 Å². The summed E-state index contributed by atoms with van der Waals surface area (Å²) in [6.45, 7) is 0.0117. The van der Waals surface area contributed by atoms with Gasteiger partial charge in [0.15, 0.2) is 11.5 Å². The van der Waals surface area contributed by atoms with Crippen LogP contribution in [0.2, 0.25) is 5.02 Å². The number of carbonyl (C=O) groups is 1. The molecule has 0 radical (unpaired) electrons. The third-order valence-corrected chi connectivity index (χ3v) is 4.47. The summed E-state index contributed by atoms with van der Waals surface area (Å²) in [5.41, 5.74) is -0.880. The summed E-state index contributed by atoms with van der Waals surface area (Å²) < 4.78 is 10.7. The normalized spacial score (nSPS) is 19.9. The molecule has 6 heteroatoms. The summed E-state index contributed by atoms with van der Waals surface area (Å²) in [5.74, 6) is -0.446. The average Bonchev–Trinajstić information content (AvgIpc) is 2.88. The van der Waals surface area contributed by atoms with Gasteiger partial charge < -0.3 is 19.7 Å². The number of benzene rings is 1. The van der Waals surface area contributed by atoms with Crippen LogP contribution >= 0.6 is 11.6 Å². The van der Waals surface area contributed by atoms with Crippen molar-refractivity contribution in [2.45, 2.75) is 37.5 Å². The van der Waals surface area contributed by atoms with Crippen LogP contribution in [-0.4, -0.2) is 23.0 Å². The van der Waals surface area contributed by atoms with E-state index in [1.54, 1.807) is 0 Å². The van der Waals surface area contributed by atoms with Crippen molar-refractivity contribution < 1.29 is 24.5 Å². The van der Waals surface area contributed by atoms with Gasteiger partial charge in [-0.1, -0.05) is 30.9 Å². The maximum atomic E-state index is 11.9. The summed E-state index contributed by atoms with van der Waals surface area (Å²) in [6.07, 6.45) is 3.52. The second-order valence-corrected chi connectivity index (χ2v) is 5.67. The molecule has 1 saturated carbocycles. The number of hydrogen-bond acceptors (Lipinski definition) is 4. The van der Waals surface area contributed by atoms with Gasteiger partial charge in [-0.15, -0.1) is 0 Å². The molecule has 108 valence electrons. The molecule has 0 amide bonds. The number of carboxylic acid groups (broad SMARTS) is 1. The molecular weight excluding hydrogens is 284 g/mol. The lowest BCUT2D eigenvalue weighted by atomic mass is 9.68. The van der Waals surface area contributed by atoms with E-state index in [1.165, 1.54) is 6.07 Å². The Balaban J connectivity index is 2.24. The summed E-state index contributed by atoms with van der Waals surface area (Å²) in [5, 5.41) is 20.1. The average molecular weight is 299 g/mol. The third-order valence-electron chi connectivity index (χ3n) is 4.18. The molecule has 1 aromatic rings. The number of aliphatic carboxylic acids is 1. The van der Waals surface area contributed by atoms with E-state index in [2.05, 4.69) is 0 Å². The molecule has 0 unspecified atom stereocenters. The van der Waals surface area contributed by atoms with Gasteiger partial charge in [-0.05, 0) is 12.8 Å². The number of ether oxygens (including phenoxy) is 2. The van der Waals surface area contributed by atoms with Gasteiger partial charge in [0, 0.05) is 6.07 Å². The van der Waals surface area contributed by atoms with Crippen molar-refractivity contribution >= 4 is 17.6 Å². The monoisotopic (exact) mass is 298 g/mol. The molecule has 1 aliphatic carbocycles. The van der Waals surface area contributed by atoms with E-state index in [4.69, 9.17) is 21.1 Å². The zero-order chi connectivity index (χ0) is 14.3. The number of aromatic hydroxyl groups is 1. The molecule has 1 aromatic carbocycles. The quantitative estimate of drug-likeness (QED) is 0.877. The molecular formula is C14H15ClO5. The minimum atomic E-state index is -1.15. The van der Waals surface area contributed by atoms with Crippen molar-refractivity contribution in [1.82, 2.24) is 0 Å². The molecule has 0 bridgehead atoms. The zero-order valence-corrected chi connectivity index (χ0v) is 11.6. The van der Waals surface area contributed by atoms with Crippen LogP contribution in [0.5, 0.6) is 17.2 Å². The van der Waals surface area contributed by atoms with E-state index in [0.29, 0.717) is 24.3 Å². The maximum absolute atomic E-state index is 11.9. The van der Waals surface area contributed by atoms with Crippen molar-refractivity contribution in [2.75, 3.05) is 6.79 Å². The molecule has 0 spiro atoms. The van der Waals surface area contributed by atoms with Crippen LogP contribution in [0.15, 0.2) is 6.07 Å². The summed E-state index contributed by atoms with van der Waals surface area (Å²) in [4.78, 5) is 11.9. The number of fused-ring (bicyclic) bond motifs is 1. The molecule has 0 saturated heterocycles. The van der Waals surface area contributed by atoms with Crippen LogP contribution in [0, 0.1) is 0 Å². The van der Waals surface area contributed by atoms with Gasteiger partial charge in [0.1, 0.15) is 11.2 Å². The standard InChI is InChI=1S/C14H15ClO5/c15-8-6-9-12(20-7-19-9)10(11(8)16)14(13(17)18)4-2-1-3-5-14/h6,16H,1-5,7H2,(H,17,18). The fraction of sp³-hybridized carbons (Fsp3) is 0.500. The number of phenolic OH excluding ortho intramolecular Hbond substituents is 1. The molecule has 1 heterocycles. The summed E-state index contributed by atoms with van der Waals surface area (Å²) in [7, 11) is 0. The van der Waals surface area contributed by atoms with E-state index in [0.717, 1.165) is 19.3 Å². The molecule has 3 rings (SSSR count). The van der Waals surface area contributed by atoms with Crippen LogP contribution in [-0.2, 0) is 10.2 Å². The van der Waals surface area contributed by atoms with Gasteiger partial charge in [0.25, 0.3) is 0 Å². The van der Waals surface area contributed by atoms with Gasteiger partial charge in [-0.25, -0.2) is 0 Å². The van der Waals surface area contributed by atoms with Crippen LogP contribution in [0.3, 0.4) is 0 Å². The van der Waals surface area contributed by atoms with Crippen molar-refractivity contribution in [2.24, 2.45) is 0 Å². The Hall–Kier alpha value is -1.62. The van der Waals surface area contributed by atoms with Gasteiger partial charge in [0.05, 0.1) is 10.6 Å². The van der Waals surface area contributed by atoms with E-state index in [-0.39, 0.29) is 23.1 Å². The van der Waals surface area contributed by atoms with Crippen LogP contribution in [0.4, 0.5) is 0 Å². The van der Waals surface area contributed by atoms with E-state index in [9.17, 15) is 15.0 Å². The fourth-order valence-corrected chi connectivity index (χ4v) is 3.37. The molecule has 0 atom stereocenters. The highest BCUT2D eigenvalue weighted by atomic mass is 35.5. The fourth-order valence-electron chi connectivity index (χ4n) is 3.17. The van der Waals surface area contributed by atoms with E-state index >= 15 is 0 Å². The lowest BCUT2D eigenvalue weighted by Gasteiger charge is -2.34. The lowest BCUT2D eigenvalue weighted by Crippen LogP contribution is -2.38. The first-order valence-electron chi connectivity index (χ1n) is 6.61. The molecule has 20 heavy (non-hydrogen) atoms. The Labute approximate surface area is 121 Å². The smallest absolute Gasteiger partial charge is 0.314 e. The topological polar surface area (TPSA) is 76.0 Å². The predicted octanol–water partition coefficient (Wildman–Crippen LogP) is 3.06. The van der Waals surface area contributed by atoms with Gasteiger partial charge in [-0.3, -0.25) is 4.79 Å². The summed E-state index contributed by atoms with van der Waals surface area (Å²) >= 11 is 6.00. The van der Waals surface area contributed by atoms with Gasteiger partial charge in [0.2, 0.25) is 6.79 Å². The van der Waals surface area contributed by atoms with Crippen molar-refractivity contribution in [3.8, 4) is 17.2 Å². The van der Waals surface area contributed by atoms with Crippen molar-refractivity contribution in [3.05, 3.63) is 16.7 Å². The molecule has 2 N–H and O–H groups in total. The van der Waals surface area contributed by atoms with Crippen molar-refractivity contribution in [1.29, 1.82) is 0 Å². The van der Waals surface area contributed by atoms with Crippen LogP contribution < -0.4 is 9.47 Å². The Morgan fingerprint density at radius 3 is 2.60 bits per heavy atom. The van der Waals surface area contributed by atoms with Crippen LogP contribution in [0.1, 0.15) is 37.7 Å². The summed E-state index contributed by atoms with van der Waals surface area (Å²) in [6, 6.07) is 1.46. The Kier molecular flexibility index (Phi) is 3.17. The second kappa shape index (κ2) is 4.74. The molecule has 1 fully saturated rings. The Morgan fingerprint density at radius 1 is 1.25 bits per heavy atom. The maximum Gasteiger partial charge on any atom is 0.314 e. The molecule has 5 nitrogen and oxygen atoms in total. The molecule has 0 aromatic heterocycles. The van der Waals surface area contributed by atoms with Crippen LogP contribution in [0.25, 0.3) is 0 Å².